The minimum atomic E-state index is 0.0799. The highest BCUT2D eigenvalue weighted by Gasteiger charge is 2.21. The minimum Gasteiger partial charge on any atom is -0.326 e. The summed E-state index contributed by atoms with van der Waals surface area (Å²) in [6.45, 7) is 4.67. The van der Waals surface area contributed by atoms with Crippen molar-refractivity contribution in [3.63, 3.8) is 0 Å². The predicted molar refractivity (Wildman–Crippen MR) is 87.1 cm³/mol. The van der Waals surface area contributed by atoms with Gasteiger partial charge in [-0.1, -0.05) is 31.5 Å². The van der Waals surface area contributed by atoms with Crippen molar-refractivity contribution in [3.8, 4) is 0 Å². The molecule has 1 fully saturated rings. The van der Waals surface area contributed by atoms with Crippen LogP contribution in [0.3, 0.4) is 0 Å². The number of nitrogens with one attached hydrogen (secondary N) is 1. The lowest BCUT2D eigenvalue weighted by molar-refractivity contribution is -0.116. The summed E-state index contributed by atoms with van der Waals surface area (Å²) >= 11 is 0. The van der Waals surface area contributed by atoms with Crippen molar-refractivity contribution in [1.29, 1.82) is 0 Å². The molecular weight excluding hydrogens is 262 g/mol. The third kappa shape index (κ3) is 4.55. The van der Waals surface area contributed by atoms with Crippen LogP contribution in [0.25, 0.3) is 0 Å². The number of nitrogens with zero attached hydrogens (tertiary/aromatic N) is 1. The third-order valence-corrected chi connectivity index (χ3v) is 4.36. The molecule has 1 unspecified atom stereocenters. The van der Waals surface area contributed by atoms with Crippen LogP contribution in [0.5, 0.6) is 0 Å². The summed E-state index contributed by atoms with van der Waals surface area (Å²) in [5, 5.41) is 2.99. The van der Waals surface area contributed by atoms with Gasteiger partial charge in [0.1, 0.15) is 0 Å². The van der Waals surface area contributed by atoms with Gasteiger partial charge in [-0.15, -0.1) is 0 Å². The van der Waals surface area contributed by atoms with Gasteiger partial charge in [0.15, 0.2) is 0 Å². The van der Waals surface area contributed by atoms with Crippen molar-refractivity contribution in [3.05, 3.63) is 29.8 Å². The number of anilines is 1. The molecule has 4 heteroatoms. The Morgan fingerprint density at radius 1 is 1.38 bits per heavy atom. The highest BCUT2D eigenvalue weighted by atomic mass is 16.1. The van der Waals surface area contributed by atoms with E-state index in [0.29, 0.717) is 19.0 Å². The van der Waals surface area contributed by atoms with E-state index >= 15 is 0 Å². The molecule has 116 valence electrons. The monoisotopic (exact) mass is 289 g/mol. The molecule has 0 aromatic heterocycles. The molecule has 1 aliphatic rings. The summed E-state index contributed by atoms with van der Waals surface area (Å²) in [4.78, 5) is 14.6. The summed E-state index contributed by atoms with van der Waals surface area (Å²) in [6.07, 6.45) is 5.58. The molecule has 1 amide bonds. The average molecular weight is 289 g/mol. The zero-order valence-corrected chi connectivity index (χ0v) is 13.0. The van der Waals surface area contributed by atoms with Crippen LogP contribution in [0.15, 0.2) is 24.3 Å². The first kappa shape index (κ1) is 16.0. The molecule has 0 bridgehead atoms. The predicted octanol–water partition coefficient (Wildman–Crippen LogP) is 2.74. The van der Waals surface area contributed by atoms with Crippen LogP contribution < -0.4 is 11.1 Å². The van der Waals surface area contributed by atoms with Crippen LogP contribution in [0.4, 0.5) is 5.69 Å². The number of hydrogen-bond acceptors (Lipinski definition) is 3. The lowest BCUT2D eigenvalue weighted by Gasteiger charge is -2.35. The van der Waals surface area contributed by atoms with E-state index in [4.69, 9.17) is 5.73 Å². The number of para-hydroxylation sites is 1. The number of rotatable bonds is 6. The van der Waals surface area contributed by atoms with Crippen molar-refractivity contribution in [2.45, 2.75) is 51.6 Å². The number of carbonyl (C=O) groups is 1. The van der Waals surface area contributed by atoms with E-state index in [1.807, 2.05) is 24.3 Å². The smallest absolute Gasteiger partial charge is 0.225 e. The fourth-order valence-electron chi connectivity index (χ4n) is 3.09. The van der Waals surface area contributed by atoms with Crippen LogP contribution >= 0.6 is 0 Å². The van der Waals surface area contributed by atoms with Gasteiger partial charge in [0, 0.05) is 31.2 Å². The van der Waals surface area contributed by atoms with Gasteiger partial charge in [-0.25, -0.2) is 0 Å². The van der Waals surface area contributed by atoms with Crippen molar-refractivity contribution < 1.29 is 4.79 Å². The fraction of sp³-hybridized carbons (Fsp3) is 0.588. The van der Waals surface area contributed by atoms with Gasteiger partial charge in [0.25, 0.3) is 0 Å². The molecule has 0 radical (unpaired) electrons. The average Bonchev–Trinajstić information content (AvgIpc) is 2.53. The first-order valence-corrected chi connectivity index (χ1v) is 8.06. The second-order valence-corrected chi connectivity index (χ2v) is 5.75. The lowest BCUT2D eigenvalue weighted by atomic mass is 10.00. The van der Waals surface area contributed by atoms with Crippen LogP contribution in [-0.2, 0) is 11.3 Å². The topological polar surface area (TPSA) is 58.4 Å². The Hall–Kier alpha value is -1.39. The largest absolute Gasteiger partial charge is 0.326 e. The van der Waals surface area contributed by atoms with Gasteiger partial charge in [-0.2, -0.15) is 0 Å². The van der Waals surface area contributed by atoms with E-state index in [0.717, 1.165) is 24.3 Å². The summed E-state index contributed by atoms with van der Waals surface area (Å²) in [6, 6.07) is 8.38. The van der Waals surface area contributed by atoms with E-state index < -0.39 is 0 Å². The number of benzene rings is 1. The van der Waals surface area contributed by atoms with Crippen molar-refractivity contribution in [1.82, 2.24) is 4.90 Å². The Balaban J connectivity index is 1.84. The standard InChI is InChI=1S/C17H27N3O/c1-2-15-8-5-6-11-20(15)12-10-17(21)19-16-9-4-3-7-14(16)13-18/h3-4,7,9,15H,2,5-6,8,10-13,18H2,1H3,(H,19,21). The molecule has 0 spiro atoms. The number of hydrogen-bond donors (Lipinski definition) is 2. The zero-order valence-electron chi connectivity index (χ0n) is 13.0. The van der Waals surface area contributed by atoms with E-state index in [2.05, 4.69) is 17.1 Å². The minimum absolute atomic E-state index is 0.0799. The lowest BCUT2D eigenvalue weighted by Crippen LogP contribution is -2.40. The van der Waals surface area contributed by atoms with Gasteiger partial charge in [-0.3, -0.25) is 9.69 Å². The molecule has 1 atom stereocenters. The molecule has 2 rings (SSSR count). The van der Waals surface area contributed by atoms with Crippen molar-refractivity contribution in [2.75, 3.05) is 18.4 Å². The van der Waals surface area contributed by atoms with Gasteiger partial charge < -0.3 is 11.1 Å². The number of likely N-dealkylation sites (tertiary alicyclic amines) is 1. The highest BCUT2D eigenvalue weighted by Crippen LogP contribution is 2.20. The first-order chi connectivity index (χ1) is 10.2. The summed E-state index contributed by atoms with van der Waals surface area (Å²) < 4.78 is 0. The Morgan fingerprint density at radius 3 is 2.95 bits per heavy atom. The maximum absolute atomic E-state index is 12.1. The first-order valence-electron chi connectivity index (χ1n) is 8.06. The molecule has 0 aliphatic carbocycles. The fourth-order valence-corrected chi connectivity index (χ4v) is 3.09. The maximum atomic E-state index is 12.1. The molecule has 1 heterocycles. The summed E-state index contributed by atoms with van der Waals surface area (Å²) in [7, 11) is 0. The second kappa shape index (κ2) is 8.15. The Bertz CT molecular complexity index is 461. The van der Waals surface area contributed by atoms with Crippen LogP contribution in [-0.4, -0.2) is 29.9 Å². The van der Waals surface area contributed by atoms with Crippen LogP contribution in [0.2, 0.25) is 0 Å². The second-order valence-electron chi connectivity index (χ2n) is 5.75. The normalized spacial score (nSPS) is 19.4. The highest BCUT2D eigenvalue weighted by molar-refractivity contribution is 5.91. The van der Waals surface area contributed by atoms with E-state index in [-0.39, 0.29) is 5.91 Å². The molecule has 1 aromatic carbocycles. The van der Waals surface area contributed by atoms with Gasteiger partial charge in [0.2, 0.25) is 5.91 Å². The molecular formula is C17H27N3O. The Labute approximate surface area is 127 Å². The molecule has 1 aliphatic heterocycles. The molecule has 3 N–H and O–H groups in total. The summed E-state index contributed by atoms with van der Waals surface area (Å²) in [5.41, 5.74) is 7.52. The van der Waals surface area contributed by atoms with Gasteiger partial charge in [-0.05, 0) is 37.4 Å². The molecule has 1 saturated heterocycles. The third-order valence-electron chi connectivity index (χ3n) is 4.36. The maximum Gasteiger partial charge on any atom is 0.225 e. The number of nitrogens with two attached hydrogens (primary N) is 1. The van der Waals surface area contributed by atoms with Crippen LogP contribution in [0, 0.1) is 0 Å². The van der Waals surface area contributed by atoms with Gasteiger partial charge in [0.05, 0.1) is 0 Å². The zero-order chi connectivity index (χ0) is 15.1. The number of amides is 1. The van der Waals surface area contributed by atoms with Gasteiger partial charge >= 0.3 is 0 Å². The Kier molecular flexibility index (Phi) is 6.21. The number of carbonyl (C=O) groups excluding carboxylic acids is 1. The SMILES string of the molecule is CCC1CCCCN1CCC(=O)Nc1ccccc1CN. The molecule has 0 saturated carbocycles. The van der Waals surface area contributed by atoms with E-state index in [1.54, 1.807) is 0 Å². The summed E-state index contributed by atoms with van der Waals surface area (Å²) in [5.74, 6) is 0.0799. The molecule has 21 heavy (non-hydrogen) atoms. The van der Waals surface area contributed by atoms with Crippen LogP contribution in [0.1, 0.15) is 44.6 Å². The quantitative estimate of drug-likeness (QED) is 0.846. The molecule has 1 aromatic rings. The Morgan fingerprint density at radius 2 is 2.19 bits per heavy atom. The van der Waals surface area contributed by atoms with E-state index in [1.165, 1.54) is 25.7 Å². The van der Waals surface area contributed by atoms with Crippen molar-refractivity contribution in [2.24, 2.45) is 5.73 Å². The number of piperidine rings is 1. The van der Waals surface area contributed by atoms with Crippen molar-refractivity contribution >= 4 is 11.6 Å². The van der Waals surface area contributed by atoms with E-state index in [9.17, 15) is 4.79 Å². The molecule has 4 nitrogen and oxygen atoms in total.